The Morgan fingerprint density at radius 1 is 1.50 bits per heavy atom. The number of aliphatic hydroxyl groups excluding tert-OH is 1. The van der Waals surface area contributed by atoms with E-state index in [0.29, 0.717) is 0 Å². The number of rotatable bonds is 2. The van der Waals surface area contributed by atoms with Gasteiger partial charge in [-0.25, -0.2) is 0 Å². The lowest BCUT2D eigenvalue weighted by Gasteiger charge is -2.33. The normalized spacial score (nSPS) is 23.2. The van der Waals surface area contributed by atoms with Crippen LogP contribution < -0.4 is 0 Å². The molecule has 1 aliphatic rings. The molecule has 0 fully saturated rings. The molecule has 1 atom stereocenters. The average molecular weight is 192 g/mol. The van der Waals surface area contributed by atoms with Crippen molar-refractivity contribution < 1.29 is 5.11 Å². The molecule has 0 spiro atoms. The second-order valence-corrected chi connectivity index (χ2v) is 4.56. The Morgan fingerprint density at radius 2 is 2.14 bits per heavy atom. The zero-order chi connectivity index (χ0) is 10.8. The monoisotopic (exact) mass is 192 g/mol. The van der Waals surface area contributed by atoms with Crippen molar-refractivity contribution in [3.63, 3.8) is 0 Å². The number of hydrogen-bond acceptors (Lipinski definition) is 1. The van der Waals surface area contributed by atoms with Gasteiger partial charge in [0, 0.05) is 0 Å². The van der Waals surface area contributed by atoms with Gasteiger partial charge in [-0.15, -0.1) is 0 Å². The van der Waals surface area contributed by atoms with Crippen molar-refractivity contribution in [3.8, 4) is 0 Å². The first-order valence-corrected chi connectivity index (χ1v) is 5.17. The molecule has 14 heavy (non-hydrogen) atoms. The summed E-state index contributed by atoms with van der Waals surface area (Å²) in [6.07, 6.45) is 8.61. The third-order valence-electron chi connectivity index (χ3n) is 2.82. The lowest BCUT2D eigenvalue weighted by atomic mass is 9.73. The fraction of sp³-hybridized carbons (Fsp3) is 0.538. The van der Waals surface area contributed by atoms with E-state index in [2.05, 4.69) is 32.9 Å². The summed E-state index contributed by atoms with van der Waals surface area (Å²) in [6.45, 7) is 8.37. The van der Waals surface area contributed by atoms with Crippen LogP contribution in [0.5, 0.6) is 0 Å². The van der Waals surface area contributed by atoms with Crippen LogP contribution in [-0.2, 0) is 0 Å². The van der Waals surface area contributed by atoms with E-state index in [9.17, 15) is 5.11 Å². The predicted octanol–water partition coefficient (Wildman–Crippen LogP) is 3.23. The average Bonchev–Trinajstić information content (AvgIpc) is 2.02. The van der Waals surface area contributed by atoms with E-state index in [0.717, 1.165) is 12.0 Å². The molecule has 0 aromatic rings. The van der Waals surface area contributed by atoms with Crippen LogP contribution in [0, 0.1) is 5.41 Å². The first-order chi connectivity index (χ1) is 6.49. The fourth-order valence-electron chi connectivity index (χ4n) is 2.18. The van der Waals surface area contributed by atoms with E-state index in [1.165, 1.54) is 5.57 Å². The SMILES string of the molecule is CC=CC(O)C1=C(C)C=CCC1(C)C. The fourth-order valence-corrected chi connectivity index (χ4v) is 2.18. The van der Waals surface area contributed by atoms with Gasteiger partial charge in [0.1, 0.15) is 0 Å². The molecular weight excluding hydrogens is 172 g/mol. The van der Waals surface area contributed by atoms with Crippen molar-refractivity contribution >= 4 is 0 Å². The lowest BCUT2D eigenvalue weighted by molar-refractivity contribution is 0.220. The molecule has 0 saturated carbocycles. The van der Waals surface area contributed by atoms with Crippen LogP contribution in [-0.4, -0.2) is 11.2 Å². The Bertz CT molecular complexity index is 292. The minimum Gasteiger partial charge on any atom is -0.385 e. The van der Waals surface area contributed by atoms with Gasteiger partial charge < -0.3 is 5.11 Å². The Balaban J connectivity index is 3.07. The minimum absolute atomic E-state index is 0.0811. The van der Waals surface area contributed by atoms with Gasteiger partial charge in [0.25, 0.3) is 0 Å². The second kappa shape index (κ2) is 4.14. The number of allylic oxidation sites excluding steroid dienone is 4. The highest BCUT2D eigenvalue weighted by Gasteiger charge is 2.29. The Hall–Kier alpha value is -0.820. The molecule has 78 valence electrons. The summed E-state index contributed by atoms with van der Waals surface area (Å²) in [4.78, 5) is 0. The molecule has 0 aromatic carbocycles. The van der Waals surface area contributed by atoms with Crippen molar-refractivity contribution in [1.29, 1.82) is 0 Å². The summed E-state index contributed by atoms with van der Waals surface area (Å²) in [5, 5.41) is 10.0. The van der Waals surface area contributed by atoms with Crippen LogP contribution in [0.4, 0.5) is 0 Å². The molecule has 0 aliphatic heterocycles. The van der Waals surface area contributed by atoms with Gasteiger partial charge in [-0.1, -0.05) is 38.2 Å². The molecule has 1 nitrogen and oxygen atoms in total. The van der Waals surface area contributed by atoms with Crippen molar-refractivity contribution in [3.05, 3.63) is 35.5 Å². The maximum Gasteiger partial charge on any atom is 0.0942 e. The number of hydrogen-bond donors (Lipinski definition) is 1. The summed E-state index contributed by atoms with van der Waals surface area (Å²) < 4.78 is 0. The molecule has 0 saturated heterocycles. The topological polar surface area (TPSA) is 20.2 Å². The third-order valence-corrected chi connectivity index (χ3v) is 2.82. The summed E-state index contributed by atoms with van der Waals surface area (Å²) in [7, 11) is 0. The van der Waals surface area contributed by atoms with Gasteiger partial charge in [0.2, 0.25) is 0 Å². The predicted molar refractivity (Wildman–Crippen MR) is 61.1 cm³/mol. The zero-order valence-electron chi connectivity index (χ0n) is 9.54. The minimum atomic E-state index is -0.431. The van der Waals surface area contributed by atoms with E-state index in [1.807, 2.05) is 19.1 Å². The van der Waals surface area contributed by atoms with E-state index in [1.54, 1.807) is 0 Å². The van der Waals surface area contributed by atoms with Crippen LogP contribution in [0.1, 0.15) is 34.1 Å². The molecule has 1 unspecified atom stereocenters. The molecule has 0 amide bonds. The Labute approximate surface area is 86.8 Å². The van der Waals surface area contributed by atoms with Gasteiger partial charge in [0.15, 0.2) is 0 Å². The molecule has 0 heterocycles. The van der Waals surface area contributed by atoms with Gasteiger partial charge in [0.05, 0.1) is 6.10 Å². The summed E-state index contributed by atoms with van der Waals surface area (Å²) >= 11 is 0. The standard InChI is InChI=1S/C13H20O/c1-5-7-11(14)12-10(2)8-6-9-13(12,3)4/h5-8,11,14H,9H2,1-4H3. The molecule has 0 aromatic heterocycles. The van der Waals surface area contributed by atoms with Crippen molar-refractivity contribution in [2.24, 2.45) is 5.41 Å². The van der Waals surface area contributed by atoms with E-state index >= 15 is 0 Å². The summed E-state index contributed by atoms with van der Waals surface area (Å²) in [5.74, 6) is 0. The van der Waals surface area contributed by atoms with Crippen LogP contribution in [0.2, 0.25) is 0 Å². The van der Waals surface area contributed by atoms with E-state index in [-0.39, 0.29) is 5.41 Å². The molecule has 0 bridgehead atoms. The Kier molecular flexibility index (Phi) is 3.33. The first-order valence-electron chi connectivity index (χ1n) is 5.17. The zero-order valence-corrected chi connectivity index (χ0v) is 9.54. The largest absolute Gasteiger partial charge is 0.385 e. The van der Waals surface area contributed by atoms with E-state index in [4.69, 9.17) is 0 Å². The maximum absolute atomic E-state index is 10.0. The molecular formula is C13H20O. The summed E-state index contributed by atoms with van der Waals surface area (Å²) in [6, 6.07) is 0. The van der Waals surface area contributed by atoms with Crippen LogP contribution in [0.25, 0.3) is 0 Å². The van der Waals surface area contributed by atoms with Gasteiger partial charge in [-0.2, -0.15) is 0 Å². The van der Waals surface area contributed by atoms with Gasteiger partial charge in [-0.3, -0.25) is 0 Å². The van der Waals surface area contributed by atoms with Crippen molar-refractivity contribution in [2.45, 2.75) is 40.2 Å². The molecule has 1 rings (SSSR count). The van der Waals surface area contributed by atoms with Crippen molar-refractivity contribution in [2.75, 3.05) is 0 Å². The summed E-state index contributed by atoms with van der Waals surface area (Å²) in [5.41, 5.74) is 2.43. The highest BCUT2D eigenvalue weighted by Crippen LogP contribution is 2.38. The van der Waals surface area contributed by atoms with Crippen molar-refractivity contribution in [1.82, 2.24) is 0 Å². The highest BCUT2D eigenvalue weighted by molar-refractivity contribution is 5.37. The Morgan fingerprint density at radius 3 is 2.64 bits per heavy atom. The first kappa shape index (κ1) is 11.3. The quantitative estimate of drug-likeness (QED) is 0.666. The molecule has 1 heteroatoms. The van der Waals surface area contributed by atoms with Crippen LogP contribution in [0.3, 0.4) is 0 Å². The molecule has 1 N–H and O–H groups in total. The third kappa shape index (κ3) is 2.16. The lowest BCUT2D eigenvalue weighted by Crippen LogP contribution is -2.26. The van der Waals surface area contributed by atoms with E-state index < -0.39 is 6.10 Å². The van der Waals surface area contributed by atoms with Gasteiger partial charge in [-0.05, 0) is 36.8 Å². The van der Waals surface area contributed by atoms with Gasteiger partial charge >= 0.3 is 0 Å². The highest BCUT2D eigenvalue weighted by atomic mass is 16.3. The van der Waals surface area contributed by atoms with Crippen LogP contribution >= 0.6 is 0 Å². The number of aliphatic hydroxyl groups is 1. The van der Waals surface area contributed by atoms with Crippen LogP contribution in [0.15, 0.2) is 35.5 Å². The molecule has 1 aliphatic carbocycles. The molecule has 0 radical (unpaired) electrons. The second-order valence-electron chi connectivity index (χ2n) is 4.56. The smallest absolute Gasteiger partial charge is 0.0942 e. The maximum atomic E-state index is 10.0.